The van der Waals surface area contributed by atoms with Gasteiger partial charge in [0.15, 0.2) is 0 Å². The zero-order chi connectivity index (χ0) is 12.8. The van der Waals surface area contributed by atoms with Gasteiger partial charge >= 0.3 is 5.69 Å². The van der Waals surface area contributed by atoms with Crippen LogP contribution in [0, 0.1) is 0 Å². The summed E-state index contributed by atoms with van der Waals surface area (Å²) in [6.07, 6.45) is 3.50. The van der Waals surface area contributed by atoms with Crippen LogP contribution in [-0.4, -0.2) is 15.7 Å². The first-order valence-corrected chi connectivity index (χ1v) is 6.04. The molecule has 5 nitrogen and oxygen atoms in total. The Morgan fingerprint density at radius 3 is 2.53 bits per heavy atom. The Labute approximate surface area is 101 Å². The van der Waals surface area contributed by atoms with Gasteiger partial charge in [0, 0.05) is 32.4 Å². The smallest absolute Gasteiger partial charge is 0.311 e. The van der Waals surface area contributed by atoms with Gasteiger partial charge in [0.1, 0.15) is 0 Å². The van der Waals surface area contributed by atoms with Crippen LogP contribution in [0.5, 0.6) is 0 Å². The van der Waals surface area contributed by atoms with Crippen LogP contribution in [0.4, 0.5) is 0 Å². The highest BCUT2D eigenvalue weighted by molar-refractivity contribution is 5.01. The van der Waals surface area contributed by atoms with Gasteiger partial charge in [-0.25, -0.2) is 4.79 Å². The van der Waals surface area contributed by atoms with Crippen LogP contribution in [0.25, 0.3) is 0 Å². The van der Waals surface area contributed by atoms with Gasteiger partial charge in [0.25, 0.3) is 5.56 Å². The molecule has 1 N–H and O–H groups in total. The Balaban J connectivity index is 2.66. The van der Waals surface area contributed by atoms with Crippen LogP contribution in [0.3, 0.4) is 0 Å². The van der Waals surface area contributed by atoms with Crippen molar-refractivity contribution in [1.82, 2.24) is 14.5 Å². The topological polar surface area (TPSA) is 56.0 Å². The highest BCUT2D eigenvalue weighted by Crippen LogP contribution is 1.93. The molecule has 0 saturated carbocycles. The minimum absolute atomic E-state index is 0.251. The van der Waals surface area contributed by atoms with Crippen LogP contribution < -0.4 is 16.6 Å². The fourth-order valence-corrected chi connectivity index (χ4v) is 1.66. The van der Waals surface area contributed by atoms with E-state index in [9.17, 15) is 9.59 Å². The van der Waals surface area contributed by atoms with Crippen molar-refractivity contribution in [3.63, 3.8) is 0 Å². The molecule has 0 atom stereocenters. The first-order valence-electron chi connectivity index (χ1n) is 6.04. The predicted molar refractivity (Wildman–Crippen MR) is 68.2 cm³/mol. The summed E-state index contributed by atoms with van der Waals surface area (Å²) < 4.78 is 2.62. The molecule has 0 aliphatic rings. The van der Waals surface area contributed by atoms with Crippen molar-refractivity contribution in [2.24, 2.45) is 14.1 Å². The van der Waals surface area contributed by atoms with Crippen molar-refractivity contribution in [2.75, 3.05) is 6.54 Å². The maximum atomic E-state index is 11.6. The third kappa shape index (κ3) is 3.56. The molecule has 0 saturated heterocycles. The van der Waals surface area contributed by atoms with E-state index in [1.54, 1.807) is 7.05 Å². The molecule has 0 aliphatic carbocycles. The fourth-order valence-electron chi connectivity index (χ4n) is 1.66. The first kappa shape index (κ1) is 13.7. The Bertz CT molecular complexity index is 474. The molecular weight excluding hydrogens is 218 g/mol. The molecule has 1 aromatic rings. The molecule has 0 fully saturated rings. The van der Waals surface area contributed by atoms with Gasteiger partial charge < -0.3 is 5.32 Å². The second-order valence-electron chi connectivity index (χ2n) is 4.26. The molecule has 1 rings (SSSR count). The molecule has 0 spiro atoms. The van der Waals surface area contributed by atoms with E-state index < -0.39 is 0 Å². The van der Waals surface area contributed by atoms with E-state index in [1.807, 2.05) is 0 Å². The van der Waals surface area contributed by atoms with E-state index >= 15 is 0 Å². The van der Waals surface area contributed by atoms with Crippen molar-refractivity contribution in [1.29, 1.82) is 0 Å². The lowest BCUT2D eigenvalue weighted by Gasteiger charge is -2.10. The summed E-state index contributed by atoms with van der Waals surface area (Å²) in [6.45, 7) is 3.63. The van der Waals surface area contributed by atoms with Gasteiger partial charge in [-0.15, -0.1) is 0 Å². The van der Waals surface area contributed by atoms with Crippen LogP contribution in [0.15, 0.2) is 15.7 Å². The molecule has 17 heavy (non-hydrogen) atoms. The van der Waals surface area contributed by atoms with E-state index in [2.05, 4.69) is 12.2 Å². The molecule has 1 aromatic heterocycles. The Hall–Kier alpha value is -1.36. The largest absolute Gasteiger partial charge is 0.330 e. The highest BCUT2D eigenvalue weighted by Gasteiger charge is 2.04. The average molecular weight is 239 g/mol. The van der Waals surface area contributed by atoms with E-state index in [4.69, 9.17) is 0 Å². The second-order valence-corrected chi connectivity index (χ2v) is 4.26. The molecule has 0 unspecified atom stereocenters. The van der Waals surface area contributed by atoms with Crippen molar-refractivity contribution in [2.45, 2.75) is 32.7 Å². The fraction of sp³-hybridized carbons (Fsp3) is 0.667. The zero-order valence-electron chi connectivity index (χ0n) is 10.8. The summed E-state index contributed by atoms with van der Waals surface area (Å²) in [4.78, 5) is 23.1. The number of nitrogens with zero attached hydrogens (tertiary/aromatic N) is 2. The third-order valence-electron chi connectivity index (χ3n) is 2.89. The lowest BCUT2D eigenvalue weighted by atomic mass is 10.2. The van der Waals surface area contributed by atoms with E-state index in [1.165, 1.54) is 30.5 Å². The predicted octanol–water partition coefficient (Wildman–Crippen LogP) is 0.364. The molecule has 1 heterocycles. The third-order valence-corrected chi connectivity index (χ3v) is 2.89. The van der Waals surface area contributed by atoms with Crippen molar-refractivity contribution >= 4 is 0 Å². The molecule has 96 valence electrons. The van der Waals surface area contributed by atoms with E-state index in [0.717, 1.165) is 23.2 Å². The van der Waals surface area contributed by atoms with Gasteiger partial charge in [0.05, 0.1) is 0 Å². The number of hydrogen-bond donors (Lipinski definition) is 1. The van der Waals surface area contributed by atoms with E-state index in [-0.39, 0.29) is 11.2 Å². The van der Waals surface area contributed by atoms with Gasteiger partial charge in [-0.3, -0.25) is 13.9 Å². The standard InChI is InChI=1S/C12H21N3O2/c1-4-5-6-7-13-9-10-8-11(16)15(3)12(17)14(10)2/h8,13H,4-7,9H2,1-3H3. The van der Waals surface area contributed by atoms with Crippen LogP contribution in [0.2, 0.25) is 0 Å². The van der Waals surface area contributed by atoms with Crippen molar-refractivity contribution in [3.8, 4) is 0 Å². The lowest BCUT2D eigenvalue weighted by Crippen LogP contribution is -2.39. The highest BCUT2D eigenvalue weighted by atomic mass is 16.2. The van der Waals surface area contributed by atoms with Crippen LogP contribution >= 0.6 is 0 Å². The molecule has 0 aromatic carbocycles. The van der Waals surface area contributed by atoms with E-state index in [0.29, 0.717) is 6.54 Å². The lowest BCUT2D eigenvalue weighted by molar-refractivity contribution is 0.576. The first-order chi connectivity index (χ1) is 8.07. The maximum Gasteiger partial charge on any atom is 0.330 e. The second kappa shape index (κ2) is 6.39. The molecule has 0 radical (unpaired) electrons. The number of nitrogens with one attached hydrogen (secondary N) is 1. The molecule has 0 bridgehead atoms. The monoisotopic (exact) mass is 239 g/mol. The molecule has 0 amide bonds. The van der Waals surface area contributed by atoms with Crippen molar-refractivity contribution < 1.29 is 0 Å². The minimum Gasteiger partial charge on any atom is -0.311 e. The van der Waals surface area contributed by atoms with Crippen LogP contribution in [-0.2, 0) is 20.6 Å². The van der Waals surface area contributed by atoms with Gasteiger partial charge in [-0.1, -0.05) is 19.8 Å². The Morgan fingerprint density at radius 2 is 1.88 bits per heavy atom. The summed E-state index contributed by atoms with van der Waals surface area (Å²) in [5.74, 6) is 0. The zero-order valence-corrected chi connectivity index (χ0v) is 10.8. The summed E-state index contributed by atoms with van der Waals surface area (Å²) >= 11 is 0. The summed E-state index contributed by atoms with van der Waals surface area (Å²) in [7, 11) is 3.17. The number of unbranched alkanes of at least 4 members (excludes halogenated alkanes) is 2. The van der Waals surface area contributed by atoms with Crippen molar-refractivity contribution in [3.05, 3.63) is 32.6 Å². The average Bonchev–Trinajstić information content (AvgIpc) is 2.32. The SMILES string of the molecule is CCCCCNCc1cc(=O)n(C)c(=O)n1C. The van der Waals surface area contributed by atoms with Gasteiger partial charge in [-0.2, -0.15) is 0 Å². The summed E-state index contributed by atoms with van der Waals surface area (Å²) in [6, 6.07) is 1.51. The number of hydrogen-bond acceptors (Lipinski definition) is 3. The van der Waals surface area contributed by atoms with Gasteiger partial charge in [-0.05, 0) is 13.0 Å². The number of rotatable bonds is 6. The van der Waals surface area contributed by atoms with Crippen LogP contribution in [0.1, 0.15) is 31.9 Å². The Morgan fingerprint density at radius 1 is 1.18 bits per heavy atom. The molecule has 5 heteroatoms. The molecule has 0 aliphatic heterocycles. The summed E-state index contributed by atoms with van der Waals surface area (Å²) in [5, 5.41) is 3.24. The minimum atomic E-state index is -0.275. The number of aromatic nitrogens is 2. The quantitative estimate of drug-likeness (QED) is 0.729. The summed E-state index contributed by atoms with van der Waals surface area (Å²) in [5.41, 5.74) is 0.205. The maximum absolute atomic E-state index is 11.6. The normalized spacial score (nSPS) is 10.8. The van der Waals surface area contributed by atoms with Gasteiger partial charge in [0.2, 0.25) is 0 Å². The Kier molecular flexibility index (Phi) is 5.15. The molecular formula is C12H21N3O2.